The van der Waals surface area contributed by atoms with E-state index in [2.05, 4.69) is 41.6 Å². The minimum absolute atomic E-state index is 0.136. The summed E-state index contributed by atoms with van der Waals surface area (Å²) in [6.45, 7) is 11.2. The number of nitrogens with one attached hydrogen (secondary N) is 2. The third-order valence-corrected chi connectivity index (χ3v) is 3.97. The van der Waals surface area contributed by atoms with E-state index in [1.807, 2.05) is 19.9 Å². The molecule has 0 spiro atoms. The fraction of sp³-hybridized carbons (Fsp3) is 0.632. The lowest BCUT2D eigenvalue weighted by molar-refractivity contribution is 0.287. The zero-order valence-corrected chi connectivity index (χ0v) is 15.4. The molecule has 0 bridgehead atoms. The number of ether oxygens (including phenoxy) is 2. The summed E-state index contributed by atoms with van der Waals surface area (Å²) in [7, 11) is 0. The van der Waals surface area contributed by atoms with Gasteiger partial charge in [0.1, 0.15) is 0 Å². The van der Waals surface area contributed by atoms with Crippen molar-refractivity contribution in [1.82, 2.24) is 10.6 Å². The molecule has 0 heterocycles. The number of hydrogen-bond acceptors (Lipinski definition) is 3. The van der Waals surface area contributed by atoms with Crippen LogP contribution in [-0.4, -0.2) is 32.3 Å². The second-order valence-corrected chi connectivity index (χ2v) is 6.10. The van der Waals surface area contributed by atoms with Crippen molar-refractivity contribution in [2.75, 3.05) is 26.3 Å². The molecular formula is C19H31N3O2. The number of rotatable bonds is 9. The van der Waals surface area contributed by atoms with Gasteiger partial charge in [-0.25, -0.2) is 0 Å². The lowest BCUT2D eigenvalue weighted by Crippen LogP contribution is -2.38. The van der Waals surface area contributed by atoms with Gasteiger partial charge in [0.25, 0.3) is 0 Å². The van der Waals surface area contributed by atoms with Crippen LogP contribution in [0, 0.1) is 5.92 Å². The molecule has 5 heteroatoms. The van der Waals surface area contributed by atoms with Crippen molar-refractivity contribution in [1.29, 1.82) is 0 Å². The van der Waals surface area contributed by atoms with Crippen LogP contribution < -0.4 is 20.1 Å². The van der Waals surface area contributed by atoms with Crippen LogP contribution in [0.25, 0.3) is 0 Å². The zero-order valence-electron chi connectivity index (χ0n) is 15.4. The number of benzene rings is 1. The minimum atomic E-state index is 0.136. The Morgan fingerprint density at radius 1 is 1.17 bits per heavy atom. The molecule has 2 N–H and O–H groups in total. The van der Waals surface area contributed by atoms with Gasteiger partial charge in [0.15, 0.2) is 17.5 Å². The molecule has 1 aromatic rings. The van der Waals surface area contributed by atoms with Crippen LogP contribution in [0.4, 0.5) is 0 Å². The summed E-state index contributed by atoms with van der Waals surface area (Å²) in [5.41, 5.74) is 1.15. The fourth-order valence-corrected chi connectivity index (χ4v) is 2.47. The average Bonchev–Trinajstić information content (AvgIpc) is 3.39. The van der Waals surface area contributed by atoms with Crippen LogP contribution in [-0.2, 0) is 0 Å². The minimum Gasteiger partial charge on any atom is -0.490 e. The first-order valence-corrected chi connectivity index (χ1v) is 9.12. The smallest absolute Gasteiger partial charge is 0.191 e. The van der Waals surface area contributed by atoms with Crippen molar-refractivity contribution >= 4 is 5.96 Å². The van der Waals surface area contributed by atoms with Crippen molar-refractivity contribution < 1.29 is 9.47 Å². The molecule has 0 aromatic heterocycles. The molecule has 134 valence electrons. The van der Waals surface area contributed by atoms with Crippen molar-refractivity contribution in [3.05, 3.63) is 23.8 Å². The Labute approximate surface area is 145 Å². The molecule has 0 amide bonds. The van der Waals surface area contributed by atoms with Gasteiger partial charge in [-0.3, -0.25) is 4.99 Å². The van der Waals surface area contributed by atoms with E-state index in [0.717, 1.165) is 42.0 Å². The summed E-state index contributed by atoms with van der Waals surface area (Å²) in [6, 6.07) is 6.25. The van der Waals surface area contributed by atoms with E-state index in [4.69, 9.17) is 9.47 Å². The molecule has 1 atom stereocenters. The molecule has 1 aliphatic carbocycles. The first-order chi connectivity index (χ1) is 11.7. The molecule has 0 saturated heterocycles. The summed E-state index contributed by atoms with van der Waals surface area (Å²) in [4.78, 5) is 4.69. The molecule has 1 saturated carbocycles. The lowest BCUT2D eigenvalue weighted by atomic mass is 10.1. The van der Waals surface area contributed by atoms with E-state index in [-0.39, 0.29) is 6.04 Å². The molecule has 1 unspecified atom stereocenters. The molecule has 1 aliphatic rings. The Hall–Kier alpha value is -1.91. The monoisotopic (exact) mass is 333 g/mol. The zero-order chi connectivity index (χ0) is 17.4. The van der Waals surface area contributed by atoms with E-state index >= 15 is 0 Å². The Morgan fingerprint density at radius 3 is 2.50 bits per heavy atom. The van der Waals surface area contributed by atoms with E-state index in [1.165, 1.54) is 12.8 Å². The molecule has 2 rings (SSSR count). The second kappa shape index (κ2) is 9.40. The molecule has 0 radical (unpaired) electrons. The van der Waals surface area contributed by atoms with E-state index in [0.29, 0.717) is 13.2 Å². The summed E-state index contributed by atoms with van der Waals surface area (Å²) < 4.78 is 11.4. The Balaban J connectivity index is 2.07. The quantitative estimate of drug-likeness (QED) is 0.536. The molecule has 1 aromatic carbocycles. The van der Waals surface area contributed by atoms with E-state index in [1.54, 1.807) is 0 Å². The lowest BCUT2D eigenvalue weighted by Gasteiger charge is -2.20. The van der Waals surface area contributed by atoms with Crippen molar-refractivity contribution in [2.45, 2.75) is 46.6 Å². The normalized spacial score (nSPS) is 15.8. The van der Waals surface area contributed by atoms with Gasteiger partial charge < -0.3 is 20.1 Å². The highest BCUT2D eigenvalue weighted by atomic mass is 16.5. The average molecular weight is 333 g/mol. The molecular weight excluding hydrogens is 302 g/mol. The highest BCUT2D eigenvalue weighted by molar-refractivity contribution is 5.80. The molecule has 0 aliphatic heterocycles. The molecule has 5 nitrogen and oxygen atoms in total. The van der Waals surface area contributed by atoms with Gasteiger partial charge in [-0.05, 0) is 64.2 Å². The first kappa shape index (κ1) is 18.4. The third kappa shape index (κ3) is 5.62. The number of hydrogen-bond donors (Lipinski definition) is 2. The predicted molar refractivity (Wildman–Crippen MR) is 99.0 cm³/mol. The summed E-state index contributed by atoms with van der Waals surface area (Å²) in [5, 5.41) is 6.80. The maximum absolute atomic E-state index is 5.72. The van der Waals surface area contributed by atoms with Gasteiger partial charge >= 0.3 is 0 Å². The number of aliphatic imine (C=N–C) groups is 1. The standard InChI is InChI=1S/C19H31N3O2/c1-5-20-19(21-13-15-8-9-15)22-14(4)16-10-11-17(23-6-2)18(12-16)24-7-3/h10-12,14-15H,5-9,13H2,1-4H3,(H2,20,21,22). The highest BCUT2D eigenvalue weighted by Gasteiger charge is 2.21. The molecule has 24 heavy (non-hydrogen) atoms. The SMILES string of the molecule is CCNC(=NCC1CC1)NC(C)c1ccc(OCC)c(OCC)c1. The summed E-state index contributed by atoms with van der Waals surface area (Å²) in [6.07, 6.45) is 2.63. The number of guanidine groups is 1. The van der Waals surface area contributed by atoms with E-state index < -0.39 is 0 Å². The van der Waals surface area contributed by atoms with Crippen LogP contribution in [0.5, 0.6) is 11.5 Å². The fourth-order valence-electron chi connectivity index (χ4n) is 2.47. The highest BCUT2D eigenvalue weighted by Crippen LogP contribution is 2.31. The van der Waals surface area contributed by atoms with Crippen molar-refractivity contribution in [3.63, 3.8) is 0 Å². The van der Waals surface area contributed by atoms with Crippen molar-refractivity contribution in [3.8, 4) is 11.5 Å². The summed E-state index contributed by atoms with van der Waals surface area (Å²) in [5.74, 6) is 3.25. The first-order valence-electron chi connectivity index (χ1n) is 9.12. The Morgan fingerprint density at radius 2 is 1.88 bits per heavy atom. The maximum atomic E-state index is 5.72. The van der Waals surface area contributed by atoms with Crippen LogP contribution in [0.2, 0.25) is 0 Å². The summed E-state index contributed by atoms with van der Waals surface area (Å²) >= 11 is 0. The molecule has 1 fully saturated rings. The van der Waals surface area contributed by atoms with Crippen LogP contribution >= 0.6 is 0 Å². The van der Waals surface area contributed by atoms with Crippen molar-refractivity contribution in [2.24, 2.45) is 10.9 Å². The van der Waals surface area contributed by atoms with Gasteiger partial charge in [-0.1, -0.05) is 6.07 Å². The predicted octanol–water partition coefficient (Wildman–Crippen LogP) is 3.51. The maximum Gasteiger partial charge on any atom is 0.191 e. The van der Waals surface area contributed by atoms with Gasteiger partial charge in [0.05, 0.1) is 19.3 Å². The van der Waals surface area contributed by atoms with Gasteiger partial charge in [-0.15, -0.1) is 0 Å². The third-order valence-electron chi connectivity index (χ3n) is 3.97. The van der Waals surface area contributed by atoms with Crippen LogP contribution in [0.1, 0.15) is 52.1 Å². The van der Waals surface area contributed by atoms with E-state index in [9.17, 15) is 0 Å². The Bertz CT molecular complexity index is 541. The van der Waals surface area contributed by atoms with Crippen LogP contribution in [0.15, 0.2) is 23.2 Å². The van der Waals surface area contributed by atoms with Gasteiger partial charge in [0, 0.05) is 13.1 Å². The second-order valence-electron chi connectivity index (χ2n) is 6.10. The Kier molecular flexibility index (Phi) is 7.22. The number of nitrogens with zero attached hydrogens (tertiary/aromatic N) is 1. The van der Waals surface area contributed by atoms with Gasteiger partial charge in [0.2, 0.25) is 0 Å². The largest absolute Gasteiger partial charge is 0.490 e. The van der Waals surface area contributed by atoms with Crippen LogP contribution in [0.3, 0.4) is 0 Å². The topological polar surface area (TPSA) is 54.9 Å². The van der Waals surface area contributed by atoms with Gasteiger partial charge in [-0.2, -0.15) is 0 Å².